The molecule has 10 heteroatoms. The standard InChI is InChI=1S/C22H23FN8O/c1-28-11-16(9-25-28)18-8-19-24-6-7-30(19)20(27-18)17-10-26-31(12-17)22(4-5-23)13-29(14-22)21(32)15-2-3-15/h6-12,15H,2-5,13-14H2,1H3. The van der Waals surface area contributed by atoms with Crippen molar-refractivity contribution in [1.29, 1.82) is 0 Å². The molecule has 5 heterocycles. The van der Waals surface area contributed by atoms with E-state index in [-0.39, 0.29) is 11.8 Å². The number of hydrogen-bond acceptors (Lipinski definition) is 5. The lowest BCUT2D eigenvalue weighted by Crippen LogP contribution is -2.64. The Kier molecular flexibility index (Phi) is 4.17. The first kappa shape index (κ1) is 19.1. The third-order valence-corrected chi connectivity index (χ3v) is 6.49. The second-order valence-corrected chi connectivity index (χ2v) is 8.83. The third kappa shape index (κ3) is 3.01. The molecule has 32 heavy (non-hydrogen) atoms. The molecule has 1 saturated heterocycles. The van der Waals surface area contributed by atoms with E-state index in [0.29, 0.717) is 25.3 Å². The summed E-state index contributed by atoms with van der Waals surface area (Å²) in [6.45, 7) is 0.537. The molecule has 0 aromatic carbocycles. The van der Waals surface area contributed by atoms with Gasteiger partial charge >= 0.3 is 0 Å². The second-order valence-electron chi connectivity index (χ2n) is 8.83. The molecule has 2 fully saturated rings. The van der Waals surface area contributed by atoms with Gasteiger partial charge in [-0.15, -0.1) is 0 Å². The molecule has 0 bridgehead atoms. The van der Waals surface area contributed by atoms with E-state index in [1.807, 2.05) is 45.7 Å². The van der Waals surface area contributed by atoms with Crippen LogP contribution in [-0.2, 0) is 17.4 Å². The SMILES string of the molecule is Cn1cc(-c2cc3nccn3c(-c3cnn(C4(CCF)CN(C(=O)C5CC5)C4)c3)n2)cn1. The largest absolute Gasteiger partial charge is 0.337 e. The molecule has 164 valence electrons. The minimum atomic E-state index is -0.507. The average molecular weight is 434 g/mol. The summed E-state index contributed by atoms with van der Waals surface area (Å²) in [5, 5.41) is 8.82. The minimum Gasteiger partial charge on any atom is -0.337 e. The number of imidazole rings is 1. The molecule has 0 unspecified atom stereocenters. The maximum absolute atomic E-state index is 13.5. The van der Waals surface area contributed by atoms with Gasteiger partial charge in [0, 0.05) is 68.9 Å². The first-order chi connectivity index (χ1) is 15.6. The fraction of sp³-hybridized carbons (Fsp3) is 0.409. The summed E-state index contributed by atoms with van der Waals surface area (Å²) < 4.78 is 18.9. The highest BCUT2D eigenvalue weighted by atomic mass is 19.1. The smallest absolute Gasteiger partial charge is 0.225 e. The van der Waals surface area contributed by atoms with Gasteiger partial charge in [-0.3, -0.25) is 22.9 Å². The van der Waals surface area contributed by atoms with Crippen LogP contribution in [0, 0.1) is 5.92 Å². The van der Waals surface area contributed by atoms with E-state index in [1.165, 1.54) is 0 Å². The summed E-state index contributed by atoms with van der Waals surface area (Å²) in [6, 6.07) is 1.92. The van der Waals surface area contributed by atoms with Crippen LogP contribution in [0.2, 0.25) is 0 Å². The summed E-state index contributed by atoms with van der Waals surface area (Å²) in [7, 11) is 1.86. The molecule has 4 aromatic heterocycles. The topological polar surface area (TPSA) is 86.1 Å². The molecule has 0 spiro atoms. The van der Waals surface area contributed by atoms with Crippen molar-refractivity contribution in [3.63, 3.8) is 0 Å². The van der Waals surface area contributed by atoms with Crippen LogP contribution in [0.5, 0.6) is 0 Å². The number of alkyl halides is 1. The van der Waals surface area contributed by atoms with Gasteiger partial charge in [0.15, 0.2) is 0 Å². The van der Waals surface area contributed by atoms with E-state index in [0.717, 1.165) is 35.3 Å². The first-order valence-electron chi connectivity index (χ1n) is 10.8. The Bertz CT molecular complexity index is 1310. The van der Waals surface area contributed by atoms with Crippen LogP contribution in [0.15, 0.2) is 43.2 Å². The van der Waals surface area contributed by atoms with Crippen molar-refractivity contribution in [2.24, 2.45) is 13.0 Å². The Balaban J connectivity index is 1.36. The molecular formula is C22H23FN8O. The number of likely N-dealkylation sites (tertiary alicyclic amines) is 1. The van der Waals surface area contributed by atoms with Gasteiger partial charge in [0.05, 0.1) is 30.3 Å². The molecular weight excluding hydrogens is 411 g/mol. The van der Waals surface area contributed by atoms with Gasteiger partial charge in [0.2, 0.25) is 5.91 Å². The van der Waals surface area contributed by atoms with E-state index in [2.05, 4.69) is 15.2 Å². The number of hydrogen-bond donors (Lipinski definition) is 0. The van der Waals surface area contributed by atoms with E-state index in [1.54, 1.807) is 23.3 Å². The Morgan fingerprint density at radius 3 is 2.72 bits per heavy atom. The Labute approximate surface area is 183 Å². The van der Waals surface area contributed by atoms with Gasteiger partial charge in [0.1, 0.15) is 17.0 Å². The maximum atomic E-state index is 13.5. The molecule has 2 aliphatic rings. The second kappa shape index (κ2) is 6.98. The molecule has 0 atom stereocenters. The fourth-order valence-corrected chi connectivity index (χ4v) is 4.53. The first-order valence-corrected chi connectivity index (χ1v) is 10.8. The van der Waals surface area contributed by atoms with Crippen LogP contribution >= 0.6 is 0 Å². The van der Waals surface area contributed by atoms with E-state index < -0.39 is 12.2 Å². The number of nitrogens with zero attached hydrogens (tertiary/aromatic N) is 8. The van der Waals surface area contributed by atoms with Gasteiger partial charge in [0.25, 0.3) is 0 Å². The average Bonchev–Trinajstić information content (AvgIpc) is 3.14. The molecule has 1 aliphatic heterocycles. The Morgan fingerprint density at radius 2 is 2.00 bits per heavy atom. The van der Waals surface area contributed by atoms with Crippen molar-refractivity contribution in [1.82, 2.24) is 38.8 Å². The lowest BCUT2D eigenvalue weighted by Gasteiger charge is -2.50. The quantitative estimate of drug-likeness (QED) is 0.465. The van der Waals surface area contributed by atoms with Crippen molar-refractivity contribution < 1.29 is 9.18 Å². The summed E-state index contributed by atoms with van der Waals surface area (Å²) >= 11 is 0. The van der Waals surface area contributed by atoms with Gasteiger partial charge in [-0.25, -0.2) is 9.97 Å². The maximum Gasteiger partial charge on any atom is 0.225 e. The molecule has 1 saturated carbocycles. The Morgan fingerprint density at radius 1 is 1.19 bits per heavy atom. The number of aryl methyl sites for hydroxylation is 1. The van der Waals surface area contributed by atoms with Crippen LogP contribution < -0.4 is 0 Å². The molecule has 0 radical (unpaired) electrons. The molecule has 4 aromatic rings. The van der Waals surface area contributed by atoms with Gasteiger partial charge in [-0.1, -0.05) is 0 Å². The molecule has 1 aliphatic carbocycles. The van der Waals surface area contributed by atoms with Crippen LogP contribution in [0.4, 0.5) is 4.39 Å². The fourth-order valence-electron chi connectivity index (χ4n) is 4.53. The summed E-state index contributed by atoms with van der Waals surface area (Å²) in [5.41, 5.74) is 2.73. The normalized spacial score (nSPS) is 17.6. The van der Waals surface area contributed by atoms with E-state index in [9.17, 15) is 9.18 Å². The zero-order valence-corrected chi connectivity index (χ0v) is 17.7. The van der Waals surface area contributed by atoms with Crippen LogP contribution in [0.1, 0.15) is 19.3 Å². The zero-order chi connectivity index (χ0) is 21.9. The third-order valence-electron chi connectivity index (χ3n) is 6.49. The monoisotopic (exact) mass is 434 g/mol. The predicted octanol–water partition coefficient (Wildman–Crippen LogP) is 2.30. The number of halogens is 1. The van der Waals surface area contributed by atoms with Crippen molar-refractivity contribution in [3.8, 4) is 22.6 Å². The lowest BCUT2D eigenvalue weighted by molar-refractivity contribution is -0.144. The predicted molar refractivity (Wildman–Crippen MR) is 114 cm³/mol. The zero-order valence-electron chi connectivity index (χ0n) is 17.7. The van der Waals surface area contributed by atoms with E-state index in [4.69, 9.17) is 4.98 Å². The summed E-state index contributed by atoms with van der Waals surface area (Å²) in [6.07, 6.45) is 13.2. The highest BCUT2D eigenvalue weighted by molar-refractivity contribution is 5.82. The van der Waals surface area contributed by atoms with Crippen LogP contribution in [0.25, 0.3) is 28.3 Å². The number of rotatable bonds is 6. The highest BCUT2D eigenvalue weighted by Gasteiger charge is 2.49. The highest BCUT2D eigenvalue weighted by Crippen LogP contribution is 2.39. The van der Waals surface area contributed by atoms with Crippen molar-refractivity contribution in [3.05, 3.63) is 43.2 Å². The van der Waals surface area contributed by atoms with Gasteiger partial charge in [-0.05, 0) is 12.8 Å². The van der Waals surface area contributed by atoms with Crippen molar-refractivity contribution in [2.75, 3.05) is 19.8 Å². The van der Waals surface area contributed by atoms with Gasteiger partial charge in [-0.2, -0.15) is 10.2 Å². The number of carbonyl (C=O) groups is 1. The molecule has 9 nitrogen and oxygen atoms in total. The minimum absolute atomic E-state index is 0.167. The van der Waals surface area contributed by atoms with Crippen molar-refractivity contribution >= 4 is 11.6 Å². The number of amides is 1. The van der Waals surface area contributed by atoms with Crippen LogP contribution in [-0.4, -0.2) is 64.5 Å². The number of carbonyl (C=O) groups excluding carboxylic acids is 1. The summed E-state index contributed by atoms with van der Waals surface area (Å²) in [4.78, 5) is 23.5. The molecule has 0 N–H and O–H groups in total. The summed E-state index contributed by atoms with van der Waals surface area (Å²) in [5.74, 6) is 1.06. The van der Waals surface area contributed by atoms with Crippen LogP contribution in [0.3, 0.4) is 0 Å². The molecule has 1 amide bonds. The van der Waals surface area contributed by atoms with Crippen molar-refractivity contribution in [2.45, 2.75) is 24.8 Å². The van der Waals surface area contributed by atoms with Gasteiger partial charge < -0.3 is 4.90 Å². The number of aromatic nitrogens is 7. The Hall–Kier alpha value is -3.56. The number of fused-ring (bicyclic) bond motifs is 1. The van der Waals surface area contributed by atoms with E-state index >= 15 is 0 Å². The lowest BCUT2D eigenvalue weighted by atomic mass is 9.86. The molecule has 6 rings (SSSR count).